The van der Waals surface area contributed by atoms with Crippen LogP contribution >= 0.6 is 0 Å². The van der Waals surface area contributed by atoms with E-state index in [2.05, 4.69) is 73.4 Å². The van der Waals surface area contributed by atoms with Crippen molar-refractivity contribution >= 4 is 16.6 Å². The Kier molecular flexibility index (Phi) is 6.61. The molecule has 5 aliphatic rings. The van der Waals surface area contributed by atoms with Crippen molar-refractivity contribution in [3.63, 3.8) is 0 Å². The molecule has 4 nitrogen and oxygen atoms in total. The van der Waals surface area contributed by atoms with Gasteiger partial charge in [0.25, 0.3) is 0 Å². The molecular weight excluding hydrogens is 480 g/mol. The van der Waals surface area contributed by atoms with E-state index >= 15 is 0 Å². The van der Waals surface area contributed by atoms with Gasteiger partial charge < -0.3 is 18.3 Å². The standard InChI is InChI=1S/C30H54O4Si2/c1-27(2,3)36(9,10)33-21-11-14-28(4)23-12-15-29(5)24(13-16-30(29)31-17-18-32-30)22(23)20-26(25(28)19-21)34-35(6,7)8/h20-25H,11-19H2,1-10H3/t21-,22+,23-,24-,25+,28+,29-/m0/s1. The summed E-state index contributed by atoms with van der Waals surface area (Å²) < 4.78 is 26.8. The average molecular weight is 535 g/mol. The van der Waals surface area contributed by atoms with E-state index in [1.54, 1.807) is 0 Å². The van der Waals surface area contributed by atoms with Gasteiger partial charge in [0.05, 0.1) is 19.0 Å². The van der Waals surface area contributed by atoms with E-state index in [1.165, 1.54) is 37.9 Å². The van der Waals surface area contributed by atoms with Crippen LogP contribution in [0.4, 0.5) is 0 Å². The van der Waals surface area contributed by atoms with Crippen LogP contribution in [0.3, 0.4) is 0 Å². The number of hydrogen-bond donors (Lipinski definition) is 0. The Bertz CT molecular complexity index is 880. The van der Waals surface area contributed by atoms with Gasteiger partial charge in [0, 0.05) is 23.9 Å². The zero-order valence-corrected chi connectivity index (χ0v) is 27.0. The number of rotatable bonds is 4. The fourth-order valence-corrected chi connectivity index (χ4v) is 11.0. The molecular formula is C30H54O4Si2. The minimum atomic E-state index is -1.80. The van der Waals surface area contributed by atoms with Crippen LogP contribution in [0.15, 0.2) is 11.8 Å². The first-order chi connectivity index (χ1) is 16.5. The molecule has 1 aliphatic heterocycles. The summed E-state index contributed by atoms with van der Waals surface area (Å²) in [5, 5.41) is 0.246. The Morgan fingerprint density at radius 2 is 1.53 bits per heavy atom. The summed E-state index contributed by atoms with van der Waals surface area (Å²) in [4.78, 5) is 0. The lowest BCUT2D eigenvalue weighted by Gasteiger charge is -2.61. The molecule has 0 bridgehead atoms. The van der Waals surface area contributed by atoms with Crippen LogP contribution < -0.4 is 0 Å². The minimum absolute atomic E-state index is 0.108. The predicted molar refractivity (Wildman–Crippen MR) is 152 cm³/mol. The average Bonchev–Trinajstić information content (AvgIpc) is 3.33. The highest BCUT2D eigenvalue weighted by molar-refractivity contribution is 6.74. The van der Waals surface area contributed by atoms with Gasteiger partial charge >= 0.3 is 0 Å². The normalized spacial score (nSPS) is 42.5. The quantitative estimate of drug-likeness (QED) is 0.341. The third-order valence-corrected chi connectivity index (χ3v) is 17.1. The van der Waals surface area contributed by atoms with Crippen molar-refractivity contribution in [3.05, 3.63) is 11.8 Å². The second kappa shape index (κ2) is 8.68. The van der Waals surface area contributed by atoms with Gasteiger partial charge in [-0.25, -0.2) is 0 Å². The van der Waals surface area contributed by atoms with Crippen LogP contribution in [0.1, 0.15) is 79.6 Å². The Morgan fingerprint density at radius 3 is 2.14 bits per heavy atom. The van der Waals surface area contributed by atoms with E-state index in [0.29, 0.717) is 23.9 Å². The molecule has 206 valence electrons. The van der Waals surface area contributed by atoms with E-state index in [9.17, 15) is 0 Å². The summed E-state index contributed by atoms with van der Waals surface area (Å²) in [6.45, 7) is 25.6. The van der Waals surface area contributed by atoms with E-state index in [1.807, 2.05) is 0 Å². The summed E-state index contributed by atoms with van der Waals surface area (Å²) in [6.07, 6.45) is 11.4. The van der Waals surface area contributed by atoms with Gasteiger partial charge in [0.1, 0.15) is 0 Å². The van der Waals surface area contributed by atoms with Gasteiger partial charge in [0.2, 0.25) is 8.32 Å². The Labute approximate surface area is 223 Å². The molecule has 0 aromatic heterocycles. The van der Waals surface area contributed by atoms with Gasteiger partial charge in [-0.15, -0.1) is 0 Å². The molecule has 7 atom stereocenters. The van der Waals surface area contributed by atoms with Crippen molar-refractivity contribution in [2.24, 2.45) is 34.5 Å². The molecule has 0 radical (unpaired) electrons. The molecule has 36 heavy (non-hydrogen) atoms. The van der Waals surface area contributed by atoms with Crippen LogP contribution in [-0.4, -0.2) is 41.7 Å². The Morgan fingerprint density at radius 1 is 0.889 bits per heavy atom. The highest BCUT2D eigenvalue weighted by Crippen LogP contribution is 2.69. The Hall–Kier alpha value is -0.146. The van der Waals surface area contributed by atoms with Crippen molar-refractivity contribution in [2.75, 3.05) is 13.2 Å². The molecule has 6 heteroatoms. The van der Waals surface area contributed by atoms with Crippen molar-refractivity contribution in [1.82, 2.24) is 0 Å². The van der Waals surface area contributed by atoms with Crippen molar-refractivity contribution in [1.29, 1.82) is 0 Å². The molecule has 4 fully saturated rings. The second-order valence-electron chi connectivity index (χ2n) is 15.9. The zero-order chi connectivity index (χ0) is 26.4. The molecule has 1 heterocycles. The molecule has 0 amide bonds. The molecule has 0 aromatic carbocycles. The number of hydrogen-bond acceptors (Lipinski definition) is 4. The maximum Gasteiger partial charge on any atom is 0.241 e. The maximum atomic E-state index is 7.03. The third-order valence-electron chi connectivity index (χ3n) is 11.7. The van der Waals surface area contributed by atoms with Gasteiger partial charge in [0.15, 0.2) is 14.1 Å². The summed E-state index contributed by atoms with van der Waals surface area (Å²) in [5.74, 6) is 3.37. The number of ether oxygens (including phenoxy) is 2. The Balaban J connectivity index is 1.48. The summed E-state index contributed by atoms with van der Waals surface area (Å²) in [5.41, 5.74) is 0.396. The van der Waals surface area contributed by atoms with Crippen LogP contribution in [0.2, 0.25) is 37.8 Å². The van der Waals surface area contributed by atoms with Crippen molar-refractivity contribution in [2.45, 2.75) is 129 Å². The molecule has 0 unspecified atom stereocenters. The smallest absolute Gasteiger partial charge is 0.241 e. The second-order valence-corrected chi connectivity index (χ2v) is 25.0. The SMILES string of the molecule is CC(C)(C)[Si](C)(C)O[C@H]1CC[C@@]2(C)[C@H](C1)C(O[Si](C)(C)C)=C[C@@H]1[C@@H]2CC[C@@]2(C)[C@H]1CCC21OCCO1. The molecule has 4 aliphatic carbocycles. The summed E-state index contributed by atoms with van der Waals surface area (Å²) in [6, 6.07) is 0. The van der Waals surface area contributed by atoms with E-state index in [-0.39, 0.29) is 21.7 Å². The third kappa shape index (κ3) is 4.24. The molecule has 3 saturated carbocycles. The van der Waals surface area contributed by atoms with Crippen LogP contribution in [-0.2, 0) is 18.3 Å². The lowest BCUT2D eigenvalue weighted by Crippen LogP contribution is -2.57. The molecule has 0 N–H and O–H groups in total. The number of allylic oxidation sites excluding steroid dienone is 2. The van der Waals surface area contributed by atoms with Crippen LogP contribution in [0.25, 0.3) is 0 Å². The lowest BCUT2D eigenvalue weighted by atomic mass is 9.46. The monoisotopic (exact) mass is 534 g/mol. The van der Waals surface area contributed by atoms with Gasteiger partial charge in [-0.2, -0.15) is 0 Å². The summed E-state index contributed by atoms with van der Waals surface area (Å²) in [7, 11) is -3.55. The van der Waals surface area contributed by atoms with E-state index in [0.717, 1.165) is 32.0 Å². The first kappa shape index (κ1) is 27.4. The largest absolute Gasteiger partial charge is 0.547 e. The van der Waals surface area contributed by atoms with Crippen molar-refractivity contribution < 1.29 is 18.3 Å². The molecule has 1 saturated heterocycles. The number of fused-ring (bicyclic) bond motifs is 6. The molecule has 0 aromatic rings. The van der Waals surface area contributed by atoms with Gasteiger partial charge in [-0.3, -0.25) is 0 Å². The minimum Gasteiger partial charge on any atom is -0.547 e. The molecule has 1 spiro atoms. The van der Waals surface area contributed by atoms with Gasteiger partial charge in [-0.1, -0.05) is 34.6 Å². The first-order valence-corrected chi connectivity index (χ1v) is 21.2. The van der Waals surface area contributed by atoms with Crippen LogP contribution in [0, 0.1) is 34.5 Å². The first-order valence-electron chi connectivity index (χ1n) is 14.9. The maximum absolute atomic E-state index is 7.03. The lowest BCUT2D eigenvalue weighted by molar-refractivity contribution is -0.242. The zero-order valence-electron chi connectivity index (χ0n) is 25.0. The van der Waals surface area contributed by atoms with E-state index < -0.39 is 16.6 Å². The highest BCUT2D eigenvalue weighted by Gasteiger charge is 2.67. The van der Waals surface area contributed by atoms with Crippen molar-refractivity contribution in [3.8, 4) is 0 Å². The van der Waals surface area contributed by atoms with Gasteiger partial charge in [-0.05, 0) is 106 Å². The predicted octanol–water partition coefficient (Wildman–Crippen LogP) is 8.12. The van der Waals surface area contributed by atoms with E-state index in [4.69, 9.17) is 18.3 Å². The fourth-order valence-electron chi connectivity index (χ4n) is 8.73. The summed E-state index contributed by atoms with van der Waals surface area (Å²) >= 11 is 0. The van der Waals surface area contributed by atoms with Crippen LogP contribution in [0.5, 0.6) is 0 Å². The fraction of sp³-hybridized carbons (Fsp3) is 0.933. The topological polar surface area (TPSA) is 36.9 Å². The highest BCUT2D eigenvalue weighted by atomic mass is 28.4. The molecule has 5 rings (SSSR count).